The molecule has 2 aromatic heterocycles. The average molecular weight is 454 g/mol. The number of fused-ring (bicyclic) bond motifs is 3. The van der Waals surface area contributed by atoms with Gasteiger partial charge in [-0.2, -0.15) is 4.52 Å². The summed E-state index contributed by atoms with van der Waals surface area (Å²) in [7, 11) is 1.60. The van der Waals surface area contributed by atoms with Crippen LogP contribution >= 0.6 is 0 Å². The lowest BCUT2D eigenvalue weighted by molar-refractivity contribution is -0.116. The molecule has 1 amide bonds. The number of methoxy groups -OCH3 is 1. The quantitative estimate of drug-likeness (QED) is 0.435. The molecule has 0 spiro atoms. The molecule has 0 aliphatic heterocycles. The van der Waals surface area contributed by atoms with Crippen molar-refractivity contribution < 1.29 is 9.53 Å². The van der Waals surface area contributed by atoms with Crippen LogP contribution in [0.3, 0.4) is 0 Å². The molecule has 8 heteroatoms. The van der Waals surface area contributed by atoms with E-state index in [4.69, 9.17) is 4.74 Å². The van der Waals surface area contributed by atoms with Crippen molar-refractivity contribution in [3.05, 3.63) is 88.3 Å². The average Bonchev–Trinajstić information content (AvgIpc) is 3.30. The van der Waals surface area contributed by atoms with E-state index in [0.29, 0.717) is 22.7 Å². The van der Waals surface area contributed by atoms with E-state index in [9.17, 15) is 9.59 Å². The van der Waals surface area contributed by atoms with Crippen molar-refractivity contribution in [3.63, 3.8) is 0 Å². The highest BCUT2D eigenvalue weighted by molar-refractivity contribution is 5.95. The topological polar surface area (TPSA) is 90.5 Å². The van der Waals surface area contributed by atoms with E-state index in [1.54, 1.807) is 7.11 Å². The molecular weight excluding hydrogens is 430 g/mol. The van der Waals surface area contributed by atoms with Gasteiger partial charge in [-0.1, -0.05) is 18.2 Å². The number of aryl methyl sites for hydroxylation is 2. The first-order chi connectivity index (χ1) is 16.4. The van der Waals surface area contributed by atoms with E-state index in [1.165, 1.54) is 9.08 Å². The van der Waals surface area contributed by atoms with Crippen LogP contribution in [0.25, 0.3) is 27.9 Å². The van der Waals surface area contributed by atoms with Gasteiger partial charge in [-0.3, -0.25) is 9.36 Å². The highest BCUT2D eigenvalue weighted by Crippen LogP contribution is 2.23. The number of rotatable bonds is 5. The molecular formula is C26H23N5O3. The lowest BCUT2D eigenvalue weighted by atomic mass is 10.1. The number of hydrogen-bond donors (Lipinski definition) is 1. The minimum absolute atomic E-state index is 0.153. The maximum atomic E-state index is 13.4. The predicted octanol–water partition coefficient (Wildman–Crippen LogP) is 3.98. The summed E-state index contributed by atoms with van der Waals surface area (Å²) in [5, 5.41) is 8.08. The van der Waals surface area contributed by atoms with Crippen molar-refractivity contribution in [3.8, 4) is 17.1 Å². The van der Waals surface area contributed by atoms with Crippen LogP contribution in [-0.2, 0) is 11.3 Å². The van der Waals surface area contributed by atoms with Crippen LogP contribution in [0.15, 0.2) is 71.5 Å². The summed E-state index contributed by atoms with van der Waals surface area (Å²) >= 11 is 0. The highest BCUT2D eigenvalue weighted by atomic mass is 16.5. The standard InChI is InChI=1S/C26H23N5O3/c1-16-8-11-19(14-17(16)2)27-23(32)15-30-22-7-5-4-6-21(22)25-28-24(29-31(25)26(30)33)18-9-12-20(34-3)13-10-18/h4-14H,15H2,1-3H3,(H,27,32). The Morgan fingerprint density at radius 1 is 1.00 bits per heavy atom. The van der Waals surface area contributed by atoms with Crippen LogP contribution in [0.1, 0.15) is 11.1 Å². The van der Waals surface area contributed by atoms with E-state index in [0.717, 1.165) is 27.8 Å². The Labute approximate surface area is 195 Å². The summed E-state index contributed by atoms with van der Waals surface area (Å²) < 4.78 is 7.89. The van der Waals surface area contributed by atoms with E-state index in [2.05, 4.69) is 15.4 Å². The lowest BCUT2D eigenvalue weighted by Gasteiger charge is -2.12. The number of ether oxygens (including phenoxy) is 1. The predicted molar refractivity (Wildman–Crippen MR) is 131 cm³/mol. The van der Waals surface area contributed by atoms with Gasteiger partial charge in [-0.15, -0.1) is 5.10 Å². The van der Waals surface area contributed by atoms with Crippen LogP contribution < -0.4 is 15.7 Å². The zero-order chi connectivity index (χ0) is 23.8. The second kappa shape index (κ2) is 8.47. The molecule has 0 aliphatic carbocycles. The van der Waals surface area contributed by atoms with Gasteiger partial charge < -0.3 is 10.1 Å². The minimum Gasteiger partial charge on any atom is -0.497 e. The molecule has 0 bridgehead atoms. The van der Waals surface area contributed by atoms with Gasteiger partial charge in [0.1, 0.15) is 12.3 Å². The molecule has 0 unspecified atom stereocenters. The monoisotopic (exact) mass is 453 g/mol. The maximum absolute atomic E-state index is 13.4. The van der Waals surface area contributed by atoms with Gasteiger partial charge in [0.2, 0.25) is 5.91 Å². The van der Waals surface area contributed by atoms with E-state index in [-0.39, 0.29) is 12.5 Å². The van der Waals surface area contributed by atoms with Crippen molar-refractivity contribution in [2.75, 3.05) is 12.4 Å². The van der Waals surface area contributed by atoms with Crippen molar-refractivity contribution in [2.45, 2.75) is 20.4 Å². The second-order valence-electron chi connectivity index (χ2n) is 8.13. The number of nitrogens with zero attached hydrogens (tertiary/aromatic N) is 4. The molecule has 3 aromatic carbocycles. The first kappa shape index (κ1) is 21.4. The Morgan fingerprint density at radius 2 is 1.76 bits per heavy atom. The highest BCUT2D eigenvalue weighted by Gasteiger charge is 2.17. The number of nitrogens with one attached hydrogen (secondary N) is 1. The van der Waals surface area contributed by atoms with Crippen molar-refractivity contribution in [1.29, 1.82) is 0 Å². The second-order valence-corrected chi connectivity index (χ2v) is 8.13. The Morgan fingerprint density at radius 3 is 2.50 bits per heavy atom. The number of aromatic nitrogens is 4. The lowest BCUT2D eigenvalue weighted by Crippen LogP contribution is -2.32. The van der Waals surface area contributed by atoms with Crippen molar-refractivity contribution >= 4 is 28.1 Å². The first-order valence-electron chi connectivity index (χ1n) is 10.8. The van der Waals surface area contributed by atoms with Gasteiger partial charge in [-0.05, 0) is 73.5 Å². The number of para-hydroxylation sites is 1. The third-order valence-corrected chi connectivity index (χ3v) is 5.90. The largest absolute Gasteiger partial charge is 0.497 e. The fourth-order valence-electron chi connectivity index (χ4n) is 3.91. The van der Waals surface area contributed by atoms with Crippen molar-refractivity contribution in [2.24, 2.45) is 0 Å². The summed E-state index contributed by atoms with van der Waals surface area (Å²) in [6, 6.07) is 20.4. The normalized spacial score (nSPS) is 11.1. The number of carbonyl (C=O) groups is 1. The summed E-state index contributed by atoms with van der Waals surface area (Å²) in [5.74, 6) is 0.836. The SMILES string of the molecule is COc1ccc(-c2nc3c4ccccc4n(CC(=O)Nc4ccc(C)c(C)c4)c(=O)n3n2)cc1. The number of benzene rings is 3. The van der Waals surface area contributed by atoms with Crippen LogP contribution in [-0.4, -0.2) is 32.2 Å². The molecule has 0 saturated carbocycles. The van der Waals surface area contributed by atoms with Crippen LogP contribution in [0.4, 0.5) is 5.69 Å². The van der Waals surface area contributed by atoms with Crippen LogP contribution in [0.5, 0.6) is 5.75 Å². The molecule has 0 saturated heterocycles. The molecule has 170 valence electrons. The van der Waals surface area contributed by atoms with Gasteiger partial charge in [0, 0.05) is 16.6 Å². The number of anilines is 1. The molecule has 0 fully saturated rings. The summed E-state index contributed by atoms with van der Waals surface area (Å²) in [5.41, 5.74) is 4.29. The molecule has 5 aromatic rings. The third kappa shape index (κ3) is 3.79. The number of amides is 1. The van der Waals surface area contributed by atoms with Crippen LogP contribution in [0.2, 0.25) is 0 Å². The molecule has 8 nitrogen and oxygen atoms in total. The third-order valence-electron chi connectivity index (χ3n) is 5.90. The molecule has 2 heterocycles. The number of hydrogen-bond acceptors (Lipinski definition) is 5. The Kier molecular flexibility index (Phi) is 5.33. The Hall–Kier alpha value is -4.46. The first-order valence-corrected chi connectivity index (χ1v) is 10.8. The van der Waals surface area contributed by atoms with Crippen molar-refractivity contribution in [1.82, 2.24) is 19.2 Å². The molecule has 0 aliphatic rings. The summed E-state index contributed by atoms with van der Waals surface area (Å²) in [6.45, 7) is 3.85. The molecule has 34 heavy (non-hydrogen) atoms. The number of carbonyl (C=O) groups excluding carboxylic acids is 1. The summed E-state index contributed by atoms with van der Waals surface area (Å²) in [4.78, 5) is 30.9. The molecule has 5 rings (SSSR count). The van der Waals surface area contributed by atoms with Gasteiger partial charge in [0.05, 0.1) is 12.6 Å². The van der Waals surface area contributed by atoms with Gasteiger partial charge in [0.25, 0.3) is 0 Å². The van der Waals surface area contributed by atoms with Gasteiger partial charge in [0.15, 0.2) is 11.5 Å². The fraction of sp³-hybridized carbons (Fsp3) is 0.154. The smallest absolute Gasteiger partial charge is 0.351 e. The Balaban J connectivity index is 1.57. The summed E-state index contributed by atoms with van der Waals surface area (Å²) in [6.07, 6.45) is 0. The molecule has 0 atom stereocenters. The van der Waals surface area contributed by atoms with Gasteiger partial charge >= 0.3 is 5.69 Å². The zero-order valence-electron chi connectivity index (χ0n) is 19.1. The zero-order valence-corrected chi connectivity index (χ0v) is 19.1. The fourth-order valence-corrected chi connectivity index (χ4v) is 3.91. The maximum Gasteiger partial charge on any atom is 0.351 e. The molecule has 0 radical (unpaired) electrons. The van der Waals surface area contributed by atoms with E-state index in [1.807, 2.05) is 80.6 Å². The van der Waals surface area contributed by atoms with Crippen LogP contribution in [0, 0.1) is 13.8 Å². The van der Waals surface area contributed by atoms with E-state index >= 15 is 0 Å². The van der Waals surface area contributed by atoms with E-state index < -0.39 is 5.69 Å². The van der Waals surface area contributed by atoms with Gasteiger partial charge in [-0.25, -0.2) is 9.78 Å². The Bertz CT molecular complexity index is 1600. The molecule has 1 N–H and O–H groups in total. The minimum atomic E-state index is -0.434.